The molecule has 3 aromatic rings. The van der Waals surface area contributed by atoms with E-state index in [2.05, 4.69) is 6.92 Å². The summed E-state index contributed by atoms with van der Waals surface area (Å²) in [6.07, 6.45) is -1.62. The van der Waals surface area contributed by atoms with E-state index in [1.54, 1.807) is 4.90 Å². The van der Waals surface area contributed by atoms with Crippen molar-refractivity contribution in [3.63, 3.8) is 0 Å². The molecule has 1 aromatic heterocycles. The molecule has 2 aromatic carbocycles. The molecule has 0 bridgehead atoms. The molecule has 7 heteroatoms. The molecule has 0 fully saturated rings. The Labute approximate surface area is 165 Å². The first-order chi connectivity index (χ1) is 13.9. The van der Waals surface area contributed by atoms with Gasteiger partial charge in [0.2, 0.25) is 0 Å². The number of aryl methyl sites for hydroxylation is 1. The second-order valence-electron chi connectivity index (χ2n) is 7.13. The number of hydrogen-bond donors (Lipinski definition) is 0. The van der Waals surface area contributed by atoms with Gasteiger partial charge in [0.15, 0.2) is 6.73 Å². The summed E-state index contributed by atoms with van der Waals surface area (Å²) in [5.74, 6) is 0.622. The van der Waals surface area contributed by atoms with Crippen molar-refractivity contribution in [2.24, 2.45) is 0 Å². The molecule has 0 amide bonds. The summed E-state index contributed by atoms with van der Waals surface area (Å²) in [4.78, 5) is 13.9. The summed E-state index contributed by atoms with van der Waals surface area (Å²) in [6, 6.07) is 10.2. The molecule has 0 saturated carbocycles. The Morgan fingerprint density at radius 3 is 2.55 bits per heavy atom. The van der Waals surface area contributed by atoms with Crippen molar-refractivity contribution in [3.05, 3.63) is 69.6 Å². The van der Waals surface area contributed by atoms with Crippen LogP contribution in [0.15, 0.2) is 51.7 Å². The third-order valence-electron chi connectivity index (χ3n) is 5.14. The molecule has 0 spiro atoms. The van der Waals surface area contributed by atoms with Gasteiger partial charge in [0.25, 0.3) is 0 Å². The van der Waals surface area contributed by atoms with Crippen LogP contribution in [-0.2, 0) is 19.1 Å². The van der Waals surface area contributed by atoms with Gasteiger partial charge in [0.05, 0.1) is 17.7 Å². The highest BCUT2D eigenvalue weighted by molar-refractivity contribution is 5.85. The van der Waals surface area contributed by atoms with Crippen molar-refractivity contribution in [1.82, 2.24) is 0 Å². The maximum Gasteiger partial charge on any atom is 0.416 e. The van der Waals surface area contributed by atoms with Crippen LogP contribution in [0.4, 0.5) is 18.9 Å². The third kappa shape index (κ3) is 3.81. The van der Waals surface area contributed by atoms with Gasteiger partial charge in [-0.3, -0.25) is 0 Å². The van der Waals surface area contributed by atoms with E-state index in [9.17, 15) is 18.0 Å². The fourth-order valence-electron chi connectivity index (χ4n) is 3.60. The molecule has 0 saturated heterocycles. The summed E-state index contributed by atoms with van der Waals surface area (Å²) in [7, 11) is 0. The minimum absolute atomic E-state index is 0.198. The zero-order valence-corrected chi connectivity index (χ0v) is 15.9. The zero-order valence-electron chi connectivity index (χ0n) is 15.9. The number of rotatable bonds is 4. The standard InChI is InChI=1S/C22H20F3NO3/c1-2-3-4-14-11-20(27)29-21-17(14)9-10-19-18(21)12-26(13-28-19)16-7-5-15(6-8-16)22(23,24)25/h5-11H,2-4,12-13H2,1H3. The van der Waals surface area contributed by atoms with E-state index in [1.165, 1.54) is 18.2 Å². The summed E-state index contributed by atoms with van der Waals surface area (Å²) in [5.41, 5.74) is 1.64. The molecule has 1 aliphatic rings. The molecule has 0 aliphatic carbocycles. The van der Waals surface area contributed by atoms with E-state index in [-0.39, 0.29) is 6.73 Å². The number of ether oxygens (including phenoxy) is 1. The Hall–Kier alpha value is -2.96. The largest absolute Gasteiger partial charge is 0.473 e. The van der Waals surface area contributed by atoms with Crippen LogP contribution in [0.3, 0.4) is 0 Å². The molecule has 29 heavy (non-hydrogen) atoms. The first-order valence-electron chi connectivity index (χ1n) is 9.50. The fourth-order valence-corrected chi connectivity index (χ4v) is 3.60. The maximum absolute atomic E-state index is 12.8. The van der Waals surface area contributed by atoms with Gasteiger partial charge in [0.1, 0.15) is 11.3 Å². The van der Waals surface area contributed by atoms with Gasteiger partial charge in [0, 0.05) is 17.1 Å². The summed E-state index contributed by atoms with van der Waals surface area (Å²) < 4.78 is 49.8. The van der Waals surface area contributed by atoms with Crippen LogP contribution < -0.4 is 15.3 Å². The predicted molar refractivity (Wildman–Crippen MR) is 104 cm³/mol. The van der Waals surface area contributed by atoms with E-state index >= 15 is 0 Å². The molecule has 4 rings (SSSR count). The van der Waals surface area contributed by atoms with E-state index in [0.29, 0.717) is 23.6 Å². The Kier molecular flexibility index (Phi) is 4.98. The number of fused-ring (bicyclic) bond motifs is 3. The van der Waals surface area contributed by atoms with Crippen molar-refractivity contribution >= 4 is 16.7 Å². The quantitative estimate of drug-likeness (QED) is 0.539. The Morgan fingerprint density at radius 1 is 1.10 bits per heavy atom. The van der Waals surface area contributed by atoms with Crippen molar-refractivity contribution in [3.8, 4) is 5.75 Å². The van der Waals surface area contributed by atoms with Gasteiger partial charge in [-0.25, -0.2) is 4.79 Å². The summed E-state index contributed by atoms with van der Waals surface area (Å²) in [5, 5.41) is 0.870. The molecule has 0 unspecified atom stereocenters. The lowest BCUT2D eigenvalue weighted by Crippen LogP contribution is -2.32. The lowest BCUT2D eigenvalue weighted by atomic mass is 10.0. The summed E-state index contributed by atoms with van der Waals surface area (Å²) in [6.45, 7) is 2.66. The van der Waals surface area contributed by atoms with Crippen LogP contribution in [-0.4, -0.2) is 6.73 Å². The molecule has 2 heterocycles. The lowest BCUT2D eigenvalue weighted by molar-refractivity contribution is -0.137. The highest BCUT2D eigenvalue weighted by atomic mass is 19.4. The van der Waals surface area contributed by atoms with Crippen molar-refractivity contribution < 1.29 is 22.3 Å². The maximum atomic E-state index is 12.8. The van der Waals surface area contributed by atoms with Gasteiger partial charge < -0.3 is 14.1 Å². The molecule has 4 nitrogen and oxygen atoms in total. The van der Waals surface area contributed by atoms with Gasteiger partial charge in [-0.1, -0.05) is 13.3 Å². The molecule has 0 radical (unpaired) electrons. The highest BCUT2D eigenvalue weighted by Gasteiger charge is 2.30. The van der Waals surface area contributed by atoms with Crippen molar-refractivity contribution in [1.29, 1.82) is 0 Å². The topological polar surface area (TPSA) is 42.7 Å². The average molecular weight is 403 g/mol. The third-order valence-corrected chi connectivity index (χ3v) is 5.14. The normalized spacial score (nSPS) is 14.0. The fraction of sp³-hybridized carbons (Fsp3) is 0.318. The first kappa shape index (κ1) is 19.4. The number of halogens is 3. The number of anilines is 1. The predicted octanol–water partition coefficient (Wildman–Crippen LogP) is 5.51. The second-order valence-corrected chi connectivity index (χ2v) is 7.13. The van der Waals surface area contributed by atoms with Crippen LogP contribution >= 0.6 is 0 Å². The molecular weight excluding hydrogens is 383 g/mol. The molecule has 1 aliphatic heterocycles. The van der Waals surface area contributed by atoms with E-state index < -0.39 is 17.4 Å². The van der Waals surface area contributed by atoms with Gasteiger partial charge in [-0.15, -0.1) is 0 Å². The van der Waals surface area contributed by atoms with Gasteiger partial charge in [-0.05, 0) is 54.8 Å². The van der Waals surface area contributed by atoms with Crippen LogP contribution in [0.25, 0.3) is 11.0 Å². The number of hydrogen-bond acceptors (Lipinski definition) is 4. The smallest absolute Gasteiger partial charge is 0.416 e. The van der Waals surface area contributed by atoms with E-state index in [1.807, 2.05) is 12.1 Å². The highest BCUT2D eigenvalue weighted by Crippen LogP contribution is 2.36. The second kappa shape index (κ2) is 7.46. The molecule has 0 atom stereocenters. The molecule has 0 N–H and O–H groups in total. The number of nitrogens with zero attached hydrogens (tertiary/aromatic N) is 1. The molecule has 152 valence electrons. The minimum atomic E-state index is -4.38. The number of unbranched alkanes of at least 4 members (excludes halogenated alkanes) is 1. The van der Waals surface area contributed by atoms with Crippen LogP contribution in [0, 0.1) is 0 Å². The minimum Gasteiger partial charge on any atom is -0.473 e. The van der Waals surface area contributed by atoms with Crippen molar-refractivity contribution in [2.45, 2.75) is 38.9 Å². The average Bonchev–Trinajstić information content (AvgIpc) is 2.71. The van der Waals surface area contributed by atoms with Crippen LogP contribution in [0.2, 0.25) is 0 Å². The first-order valence-corrected chi connectivity index (χ1v) is 9.50. The van der Waals surface area contributed by atoms with Crippen LogP contribution in [0.1, 0.15) is 36.5 Å². The van der Waals surface area contributed by atoms with Gasteiger partial charge >= 0.3 is 11.8 Å². The summed E-state index contributed by atoms with van der Waals surface area (Å²) >= 11 is 0. The Morgan fingerprint density at radius 2 is 1.86 bits per heavy atom. The van der Waals surface area contributed by atoms with Crippen LogP contribution in [0.5, 0.6) is 5.75 Å². The Balaban J connectivity index is 1.71. The SMILES string of the molecule is CCCCc1cc(=O)oc2c3c(ccc12)OCN(c1ccc(C(F)(F)F)cc1)C3. The molecular formula is C22H20F3NO3. The lowest BCUT2D eigenvalue weighted by Gasteiger charge is -2.31. The van der Waals surface area contributed by atoms with Crippen molar-refractivity contribution in [2.75, 3.05) is 11.6 Å². The van der Waals surface area contributed by atoms with E-state index in [0.717, 1.165) is 47.9 Å². The monoisotopic (exact) mass is 403 g/mol. The van der Waals surface area contributed by atoms with Gasteiger partial charge in [-0.2, -0.15) is 13.2 Å². The number of benzene rings is 2. The Bertz CT molecular complexity index is 1090. The number of alkyl halides is 3. The zero-order chi connectivity index (χ0) is 20.6. The van der Waals surface area contributed by atoms with E-state index in [4.69, 9.17) is 9.15 Å².